The van der Waals surface area contributed by atoms with E-state index < -0.39 is 0 Å². The zero-order valence-electron chi connectivity index (χ0n) is 18.2. The number of pyridine rings is 1. The molecule has 0 amide bonds. The van der Waals surface area contributed by atoms with Gasteiger partial charge in [0, 0.05) is 16.3 Å². The van der Waals surface area contributed by atoms with Gasteiger partial charge in [-0.05, 0) is 40.8 Å². The third-order valence-corrected chi connectivity index (χ3v) is 6.05. The van der Waals surface area contributed by atoms with Crippen LogP contribution in [-0.4, -0.2) is 9.38 Å². The summed E-state index contributed by atoms with van der Waals surface area (Å²) in [5.41, 5.74) is 7.62. The largest absolute Gasteiger partial charge is 0.292 e. The van der Waals surface area contributed by atoms with Gasteiger partial charge in [-0.2, -0.15) is 0 Å². The lowest BCUT2D eigenvalue weighted by Crippen LogP contribution is -2.04. The summed E-state index contributed by atoms with van der Waals surface area (Å²) in [6, 6.07) is 24.1. The predicted molar refractivity (Wildman–Crippen MR) is 128 cm³/mol. The maximum absolute atomic E-state index is 4.96. The zero-order valence-corrected chi connectivity index (χ0v) is 18.2. The molecule has 2 aromatic heterocycles. The fourth-order valence-electron chi connectivity index (χ4n) is 4.79. The smallest absolute Gasteiger partial charge is 0.145 e. The van der Waals surface area contributed by atoms with Crippen LogP contribution >= 0.6 is 0 Å². The van der Waals surface area contributed by atoms with Gasteiger partial charge in [-0.1, -0.05) is 88.4 Å². The SMILES string of the molecule is CC(C)Cc1cccc(C(C)C)c1-c1cnc2c3ccccc3c3ccccc3n12. The van der Waals surface area contributed by atoms with Crippen molar-refractivity contribution in [2.75, 3.05) is 0 Å². The van der Waals surface area contributed by atoms with Crippen LogP contribution in [0.4, 0.5) is 0 Å². The van der Waals surface area contributed by atoms with Gasteiger partial charge in [0.15, 0.2) is 0 Å². The molecule has 5 rings (SSSR count). The van der Waals surface area contributed by atoms with E-state index in [0.29, 0.717) is 11.8 Å². The molecule has 2 heteroatoms. The van der Waals surface area contributed by atoms with E-state index in [4.69, 9.17) is 4.98 Å². The molecule has 0 bridgehead atoms. The van der Waals surface area contributed by atoms with Crippen LogP contribution < -0.4 is 0 Å². The van der Waals surface area contributed by atoms with E-state index in [9.17, 15) is 0 Å². The molecule has 2 nitrogen and oxygen atoms in total. The molecule has 0 N–H and O–H groups in total. The van der Waals surface area contributed by atoms with Gasteiger partial charge in [0.1, 0.15) is 5.65 Å². The normalized spacial score (nSPS) is 12.1. The van der Waals surface area contributed by atoms with Crippen molar-refractivity contribution < 1.29 is 0 Å². The molecule has 2 heterocycles. The number of rotatable bonds is 4. The Morgan fingerprint density at radius 2 is 1.47 bits per heavy atom. The minimum absolute atomic E-state index is 0.449. The van der Waals surface area contributed by atoms with Crippen molar-refractivity contribution >= 4 is 27.3 Å². The molecule has 0 aliphatic heterocycles. The van der Waals surface area contributed by atoms with Gasteiger partial charge < -0.3 is 0 Å². The summed E-state index contributed by atoms with van der Waals surface area (Å²) in [6.45, 7) is 9.16. The van der Waals surface area contributed by atoms with Gasteiger partial charge in [-0.25, -0.2) is 4.98 Å². The molecule has 0 saturated carbocycles. The van der Waals surface area contributed by atoms with Gasteiger partial charge in [0.05, 0.1) is 17.4 Å². The van der Waals surface area contributed by atoms with Crippen molar-refractivity contribution in [3.8, 4) is 11.3 Å². The lowest BCUT2D eigenvalue weighted by atomic mass is 9.88. The van der Waals surface area contributed by atoms with Gasteiger partial charge in [0.2, 0.25) is 0 Å². The van der Waals surface area contributed by atoms with E-state index in [0.717, 1.165) is 12.1 Å². The topological polar surface area (TPSA) is 17.3 Å². The molecule has 3 aromatic carbocycles. The first kappa shape index (κ1) is 18.9. The predicted octanol–water partition coefficient (Wildman–Crippen LogP) is 7.63. The van der Waals surface area contributed by atoms with Crippen molar-refractivity contribution in [3.63, 3.8) is 0 Å². The number of imidazole rings is 1. The zero-order chi connectivity index (χ0) is 20.8. The second kappa shape index (κ2) is 7.28. The Labute approximate surface area is 178 Å². The first-order valence-corrected chi connectivity index (χ1v) is 10.9. The molecule has 150 valence electrons. The van der Waals surface area contributed by atoms with Gasteiger partial charge in [-0.15, -0.1) is 0 Å². The summed E-state index contributed by atoms with van der Waals surface area (Å²) < 4.78 is 2.38. The molecule has 0 atom stereocenters. The molecular formula is C28H28N2. The average molecular weight is 393 g/mol. The number of para-hydroxylation sites is 1. The molecule has 0 spiro atoms. The van der Waals surface area contributed by atoms with Crippen LogP contribution in [0.1, 0.15) is 44.7 Å². The molecule has 0 aliphatic rings. The van der Waals surface area contributed by atoms with Crippen molar-refractivity contribution in [1.29, 1.82) is 0 Å². The van der Waals surface area contributed by atoms with Gasteiger partial charge in [-0.3, -0.25) is 4.40 Å². The quantitative estimate of drug-likeness (QED) is 0.287. The number of fused-ring (bicyclic) bond motifs is 6. The second-order valence-corrected chi connectivity index (χ2v) is 9.00. The summed E-state index contributed by atoms with van der Waals surface area (Å²) in [6.07, 6.45) is 3.15. The van der Waals surface area contributed by atoms with Crippen LogP contribution in [0.5, 0.6) is 0 Å². The molecule has 0 fully saturated rings. The molecular weight excluding hydrogens is 364 g/mol. The molecule has 0 unspecified atom stereocenters. The highest BCUT2D eigenvalue weighted by atomic mass is 15.0. The molecule has 5 aromatic rings. The van der Waals surface area contributed by atoms with Crippen LogP contribution in [-0.2, 0) is 6.42 Å². The van der Waals surface area contributed by atoms with E-state index >= 15 is 0 Å². The van der Waals surface area contributed by atoms with Gasteiger partial charge in [0.25, 0.3) is 0 Å². The number of benzene rings is 3. The minimum Gasteiger partial charge on any atom is -0.292 e. The van der Waals surface area contributed by atoms with Crippen LogP contribution in [0.25, 0.3) is 38.6 Å². The first-order valence-electron chi connectivity index (χ1n) is 10.9. The second-order valence-electron chi connectivity index (χ2n) is 9.00. The Bertz CT molecular complexity index is 1370. The standard InChI is InChI=1S/C28H28N2/c1-18(2)16-20-10-9-14-21(19(3)4)27(20)26-17-29-28-24-13-6-5-11-22(24)23-12-7-8-15-25(23)30(26)28/h5-15,17-19H,16H2,1-4H3. The fraction of sp³-hybridized carbons (Fsp3) is 0.250. The van der Waals surface area contributed by atoms with E-state index in [2.05, 4.69) is 105 Å². The van der Waals surface area contributed by atoms with E-state index in [1.165, 1.54) is 44.1 Å². The third kappa shape index (κ3) is 2.90. The number of nitrogens with zero attached hydrogens (tertiary/aromatic N) is 2. The number of aromatic nitrogens is 2. The Morgan fingerprint density at radius 1 is 0.767 bits per heavy atom. The summed E-state index contributed by atoms with van der Waals surface area (Å²) in [4.78, 5) is 4.96. The molecule has 0 radical (unpaired) electrons. The van der Waals surface area contributed by atoms with E-state index in [1.54, 1.807) is 0 Å². The summed E-state index contributed by atoms with van der Waals surface area (Å²) in [7, 11) is 0. The van der Waals surface area contributed by atoms with Crippen LogP contribution in [0.3, 0.4) is 0 Å². The monoisotopic (exact) mass is 392 g/mol. The Balaban J connectivity index is 1.95. The van der Waals surface area contributed by atoms with Crippen molar-refractivity contribution in [1.82, 2.24) is 9.38 Å². The van der Waals surface area contributed by atoms with Crippen LogP contribution in [0.2, 0.25) is 0 Å². The lowest BCUT2D eigenvalue weighted by molar-refractivity contribution is 0.647. The molecule has 30 heavy (non-hydrogen) atoms. The summed E-state index contributed by atoms with van der Waals surface area (Å²) >= 11 is 0. The Kier molecular flexibility index (Phi) is 4.58. The fourth-order valence-corrected chi connectivity index (χ4v) is 4.79. The van der Waals surface area contributed by atoms with Crippen molar-refractivity contribution in [2.45, 2.75) is 40.0 Å². The minimum atomic E-state index is 0.449. The van der Waals surface area contributed by atoms with E-state index in [1.807, 2.05) is 0 Å². The number of hydrogen-bond acceptors (Lipinski definition) is 1. The maximum Gasteiger partial charge on any atom is 0.145 e. The van der Waals surface area contributed by atoms with Crippen LogP contribution in [0, 0.1) is 5.92 Å². The maximum atomic E-state index is 4.96. The first-order chi connectivity index (χ1) is 14.6. The summed E-state index contributed by atoms with van der Waals surface area (Å²) in [5, 5.41) is 3.74. The van der Waals surface area contributed by atoms with Crippen molar-refractivity contribution in [2.24, 2.45) is 5.92 Å². The van der Waals surface area contributed by atoms with E-state index in [-0.39, 0.29) is 0 Å². The Hall–Kier alpha value is -3.13. The van der Waals surface area contributed by atoms with Crippen molar-refractivity contribution in [3.05, 3.63) is 84.1 Å². The highest BCUT2D eigenvalue weighted by Crippen LogP contribution is 2.38. The van der Waals surface area contributed by atoms with Gasteiger partial charge >= 0.3 is 0 Å². The lowest BCUT2D eigenvalue weighted by Gasteiger charge is -2.19. The molecule has 0 saturated heterocycles. The highest BCUT2D eigenvalue weighted by Gasteiger charge is 2.20. The number of hydrogen-bond donors (Lipinski definition) is 0. The Morgan fingerprint density at radius 3 is 2.20 bits per heavy atom. The molecule has 0 aliphatic carbocycles. The van der Waals surface area contributed by atoms with Crippen LogP contribution in [0.15, 0.2) is 72.9 Å². The average Bonchev–Trinajstić information content (AvgIpc) is 3.18. The highest BCUT2D eigenvalue weighted by molar-refractivity contribution is 6.12. The summed E-state index contributed by atoms with van der Waals surface area (Å²) in [5.74, 6) is 1.05. The third-order valence-electron chi connectivity index (χ3n) is 6.05.